The number of carbonyl (C=O) groups excluding carboxylic acids is 2. The van der Waals surface area contributed by atoms with E-state index in [-0.39, 0.29) is 36.4 Å². The lowest BCUT2D eigenvalue weighted by Crippen LogP contribution is -2.52. The third-order valence-electron chi connectivity index (χ3n) is 6.24. The Morgan fingerprint density at radius 2 is 1.62 bits per heavy atom. The Hall–Kier alpha value is -2.54. The quantitative estimate of drug-likeness (QED) is 0.250. The second-order valence-electron chi connectivity index (χ2n) is 10.8. The van der Waals surface area contributed by atoms with Gasteiger partial charge in [-0.25, -0.2) is 0 Å². The van der Waals surface area contributed by atoms with E-state index in [0.29, 0.717) is 27.8 Å². The van der Waals surface area contributed by atoms with Crippen molar-refractivity contribution in [2.24, 2.45) is 0 Å². The highest BCUT2D eigenvalue weighted by Crippen LogP contribution is 2.32. The van der Waals surface area contributed by atoms with Crippen molar-refractivity contribution in [3.05, 3.63) is 97.9 Å². The Kier molecular flexibility index (Phi) is 10.9. The second kappa shape index (κ2) is 13.7. The summed E-state index contributed by atoms with van der Waals surface area (Å²) in [4.78, 5) is 28.8. The van der Waals surface area contributed by atoms with Gasteiger partial charge in [0.15, 0.2) is 6.61 Å². The second-order valence-corrected chi connectivity index (χ2v) is 12.4. The van der Waals surface area contributed by atoms with Crippen molar-refractivity contribution in [2.75, 3.05) is 6.61 Å². The summed E-state index contributed by atoms with van der Waals surface area (Å²) >= 11 is 16.6. The highest BCUT2D eigenvalue weighted by Gasteiger charge is 2.32. The van der Waals surface area contributed by atoms with Crippen LogP contribution in [0.1, 0.15) is 51.3 Å². The molecule has 0 fully saturated rings. The number of nitrogens with zero attached hydrogens (tertiary/aromatic N) is 1. The Bertz CT molecular complexity index is 1270. The summed E-state index contributed by atoms with van der Waals surface area (Å²) in [5, 5.41) is 3.81. The van der Waals surface area contributed by atoms with Gasteiger partial charge in [0.1, 0.15) is 11.8 Å². The normalized spacial score (nSPS) is 12.2. The summed E-state index contributed by atoms with van der Waals surface area (Å²) in [6, 6.07) is 19.7. The maximum Gasteiger partial charge on any atom is 0.261 e. The molecule has 39 heavy (non-hydrogen) atoms. The molecular weight excluding hydrogens is 599 g/mol. The first-order valence-electron chi connectivity index (χ1n) is 12.9. The molecule has 0 bridgehead atoms. The minimum atomic E-state index is -0.815. The fraction of sp³-hybridized carbons (Fsp3) is 0.355. The fourth-order valence-electron chi connectivity index (χ4n) is 4.10. The lowest BCUT2D eigenvalue weighted by molar-refractivity contribution is -0.143. The minimum absolute atomic E-state index is 0.0314. The van der Waals surface area contributed by atoms with Crippen molar-refractivity contribution in [3.8, 4) is 5.75 Å². The van der Waals surface area contributed by atoms with Crippen LogP contribution < -0.4 is 10.1 Å². The number of halogens is 3. The molecule has 0 radical (unpaired) electrons. The zero-order chi connectivity index (χ0) is 28.7. The molecule has 1 N–H and O–H groups in total. The van der Waals surface area contributed by atoms with E-state index in [1.807, 2.05) is 62.4 Å². The van der Waals surface area contributed by atoms with Gasteiger partial charge in [-0.1, -0.05) is 86.4 Å². The van der Waals surface area contributed by atoms with E-state index in [9.17, 15) is 9.59 Å². The average molecular weight is 634 g/mol. The molecule has 3 rings (SSSR count). The number of rotatable bonds is 10. The van der Waals surface area contributed by atoms with Crippen molar-refractivity contribution in [1.29, 1.82) is 0 Å². The molecule has 0 saturated heterocycles. The van der Waals surface area contributed by atoms with Crippen molar-refractivity contribution >= 4 is 50.9 Å². The Labute approximate surface area is 250 Å². The molecule has 5 nitrogen and oxygen atoms in total. The topological polar surface area (TPSA) is 58.6 Å². The van der Waals surface area contributed by atoms with Crippen LogP contribution in [0.25, 0.3) is 0 Å². The predicted octanol–water partition coefficient (Wildman–Crippen LogP) is 7.60. The molecule has 208 valence electrons. The third kappa shape index (κ3) is 8.72. The number of benzene rings is 3. The minimum Gasteiger partial charge on any atom is -0.483 e. The molecule has 0 unspecified atom stereocenters. The standard InChI is InChI=1S/C31H35BrCl2N2O3/c1-20(2)35-30(38)27(16-21-10-7-6-8-11-21)36(18-23-25(33)12-9-13-26(23)34)29(37)19-39-28-15-14-22(17-24(28)32)31(3,4)5/h6-15,17,20,27H,16,18-19H2,1-5H3,(H,35,38)/t27-/m0/s1. The van der Waals surface area contributed by atoms with E-state index in [1.54, 1.807) is 18.2 Å². The third-order valence-corrected chi connectivity index (χ3v) is 7.57. The van der Waals surface area contributed by atoms with Crippen LogP contribution in [0.5, 0.6) is 5.75 Å². The summed E-state index contributed by atoms with van der Waals surface area (Å²) < 4.78 is 6.72. The number of carbonyl (C=O) groups is 2. The SMILES string of the molecule is CC(C)NC(=O)[C@H](Cc1ccccc1)N(Cc1c(Cl)cccc1Cl)C(=O)COc1ccc(C(C)(C)C)cc1Br. The molecular formula is C31H35BrCl2N2O3. The van der Waals surface area contributed by atoms with Crippen LogP contribution in [0, 0.1) is 0 Å². The summed E-state index contributed by atoms with van der Waals surface area (Å²) in [5.41, 5.74) is 2.60. The van der Waals surface area contributed by atoms with Crippen LogP contribution in [0.15, 0.2) is 71.2 Å². The van der Waals surface area contributed by atoms with E-state index in [4.69, 9.17) is 27.9 Å². The summed E-state index contributed by atoms with van der Waals surface area (Å²) in [6.07, 6.45) is 0.317. The Morgan fingerprint density at radius 1 is 0.974 bits per heavy atom. The van der Waals surface area contributed by atoms with Gasteiger partial charge in [0.2, 0.25) is 5.91 Å². The summed E-state index contributed by atoms with van der Waals surface area (Å²) in [7, 11) is 0. The zero-order valence-corrected chi connectivity index (χ0v) is 26.0. The van der Waals surface area contributed by atoms with Crippen molar-refractivity contribution < 1.29 is 14.3 Å². The van der Waals surface area contributed by atoms with E-state index in [2.05, 4.69) is 42.0 Å². The molecule has 0 heterocycles. The van der Waals surface area contributed by atoms with Gasteiger partial charge in [0, 0.05) is 34.6 Å². The lowest BCUT2D eigenvalue weighted by Gasteiger charge is -2.32. The molecule has 0 aliphatic carbocycles. The van der Waals surface area contributed by atoms with Crippen molar-refractivity contribution in [2.45, 2.75) is 65.1 Å². The molecule has 3 aromatic carbocycles. The van der Waals surface area contributed by atoms with Gasteiger partial charge < -0.3 is 15.0 Å². The predicted molar refractivity (Wildman–Crippen MR) is 163 cm³/mol. The van der Waals surface area contributed by atoms with Gasteiger partial charge in [-0.3, -0.25) is 9.59 Å². The highest BCUT2D eigenvalue weighted by molar-refractivity contribution is 9.10. The van der Waals surface area contributed by atoms with E-state index >= 15 is 0 Å². The first kappa shape index (κ1) is 31.0. The number of hydrogen-bond acceptors (Lipinski definition) is 3. The van der Waals surface area contributed by atoms with E-state index in [0.717, 1.165) is 15.6 Å². The van der Waals surface area contributed by atoms with Crippen LogP contribution in [0.4, 0.5) is 0 Å². The van der Waals surface area contributed by atoms with Crippen molar-refractivity contribution in [1.82, 2.24) is 10.2 Å². The van der Waals surface area contributed by atoms with Gasteiger partial charge in [0.05, 0.1) is 4.47 Å². The molecule has 3 aromatic rings. The number of amides is 2. The Balaban J connectivity index is 1.95. The molecule has 0 aliphatic rings. The maximum absolute atomic E-state index is 13.8. The Morgan fingerprint density at radius 3 is 2.18 bits per heavy atom. The molecule has 0 saturated carbocycles. The largest absolute Gasteiger partial charge is 0.483 e. The van der Waals surface area contributed by atoms with Gasteiger partial charge in [-0.05, 0) is 70.6 Å². The lowest BCUT2D eigenvalue weighted by atomic mass is 9.87. The van der Waals surface area contributed by atoms with Crippen LogP contribution in [0.3, 0.4) is 0 Å². The molecule has 1 atom stereocenters. The summed E-state index contributed by atoms with van der Waals surface area (Å²) in [6.45, 7) is 9.94. The molecule has 0 aliphatic heterocycles. The number of hydrogen-bond donors (Lipinski definition) is 1. The van der Waals surface area contributed by atoms with Gasteiger partial charge in [-0.15, -0.1) is 0 Å². The molecule has 2 amide bonds. The maximum atomic E-state index is 13.8. The molecule has 0 spiro atoms. The first-order valence-corrected chi connectivity index (χ1v) is 14.4. The van der Waals surface area contributed by atoms with Crippen LogP contribution in [0.2, 0.25) is 10.0 Å². The van der Waals surface area contributed by atoms with Crippen LogP contribution in [-0.4, -0.2) is 35.4 Å². The molecule has 0 aromatic heterocycles. The van der Waals surface area contributed by atoms with E-state index < -0.39 is 6.04 Å². The first-order chi connectivity index (χ1) is 18.4. The summed E-state index contributed by atoms with van der Waals surface area (Å²) in [5.74, 6) is -0.0861. The van der Waals surface area contributed by atoms with Crippen LogP contribution >= 0.6 is 39.1 Å². The smallest absolute Gasteiger partial charge is 0.261 e. The number of ether oxygens (including phenoxy) is 1. The highest BCUT2D eigenvalue weighted by atomic mass is 79.9. The van der Waals surface area contributed by atoms with Crippen LogP contribution in [-0.2, 0) is 28.0 Å². The monoisotopic (exact) mass is 632 g/mol. The average Bonchev–Trinajstić information content (AvgIpc) is 2.86. The van der Waals surface area contributed by atoms with Crippen molar-refractivity contribution in [3.63, 3.8) is 0 Å². The zero-order valence-electron chi connectivity index (χ0n) is 22.9. The van der Waals surface area contributed by atoms with Gasteiger partial charge in [0.25, 0.3) is 5.91 Å². The van der Waals surface area contributed by atoms with Gasteiger partial charge >= 0.3 is 0 Å². The fourth-order valence-corrected chi connectivity index (χ4v) is 5.11. The number of nitrogens with one attached hydrogen (secondary N) is 1. The van der Waals surface area contributed by atoms with Gasteiger partial charge in [-0.2, -0.15) is 0 Å². The van der Waals surface area contributed by atoms with E-state index in [1.165, 1.54) is 4.90 Å². The molecule has 8 heteroatoms.